The second-order valence-corrected chi connectivity index (χ2v) is 4.54. The van der Waals surface area contributed by atoms with Gasteiger partial charge in [0.15, 0.2) is 0 Å². The van der Waals surface area contributed by atoms with Crippen LogP contribution >= 0.6 is 0 Å². The van der Waals surface area contributed by atoms with Gasteiger partial charge < -0.3 is 0 Å². The lowest BCUT2D eigenvalue weighted by molar-refractivity contribution is -0.148. The van der Waals surface area contributed by atoms with Gasteiger partial charge in [0, 0.05) is 25.0 Å². The lowest BCUT2D eigenvalue weighted by atomic mass is 10.1. The van der Waals surface area contributed by atoms with Gasteiger partial charge in [-0.2, -0.15) is 18.3 Å². The highest BCUT2D eigenvalue weighted by Crippen LogP contribution is 2.25. The molecule has 0 aromatic carbocycles. The summed E-state index contributed by atoms with van der Waals surface area (Å²) >= 11 is 0. The third-order valence-corrected chi connectivity index (χ3v) is 3.17. The van der Waals surface area contributed by atoms with Gasteiger partial charge in [-0.05, 0) is 25.8 Å². The number of alkyl halides is 3. The fourth-order valence-electron chi connectivity index (χ4n) is 2.34. The Bertz CT molecular complexity index is 364. The molecule has 0 unspecified atom stereocenters. The Balaban J connectivity index is 1.88. The molecule has 1 aliphatic heterocycles. The van der Waals surface area contributed by atoms with Gasteiger partial charge in [0.25, 0.3) is 0 Å². The summed E-state index contributed by atoms with van der Waals surface area (Å²) in [4.78, 5) is 1.47. The molecular weight excluding hydrogens is 231 g/mol. The van der Waals surface area contributed by atoms with Crippen LogP contribution in [0.4, 0.5) is 13.2 Å². The Kier molecular flexibility index (Phi) is 3.42. The smallest absolute Gasteiger partial charge is 0.295 e. The van der Waals surface area contributed by atoms with Gasteiger partial charge in [-0.15, -0.1) is 0 Å². The highest BCUT2D eigenvalue weighted by atomic mass is 19.4. The maximum absolute atomic E-state index is 12.2. The largest absolute Gasteiger partial charge is 0.401 e. The molecular formula is C11H16F3N3. The SMILES string of the molecule is Cc1ccnn1C1CCN(CC(F)(F)F)CC1. The quantitative estimate of drug-likeness (QED) is 0.800. The van der Waals surface area contributed by atoms with E-state index < -0.39 is 12.7 Å². The molecule has 0 spiro atoms. The number of halogens is 3. The minimum absolute atomic E-state index is 0.245. The molecule has 96 valence electrons. The van der Waals surface area contributed by atoms with Gasteiger partial charge in [0.05, 0.1) is 12.6 Å². The second-order valence-electron chi connectivity index (χ2n) is 4.54. The average molecular weight is 247 g/mol. The van der Waals surface area contributed by atoms with E-state index in [2.05, 4.69) is 5.10 Å². The lowest BCUT2D eigenvalue weighted by Gasteiger charge is -2.32. The van der Waals surface area contributed by atoms with Crippen molar-refractivity contribution in [3.63, 3.8) is 0 Å². The Morgan fingerprint density at radius 1 is 1.35 bits per heavy atom. The monoisotopic (exact) mass is 247 g/mol. The molecule has 1 fully saturated rings. The second kappa shape index (κ2) is 4.68. The van der Waals surface area contributed by atoms with Crippen molar-refractivity contribution in [2.75, 3.05) is 19.6 Å². The zero-order valence-corrected chi connectivity index (χ0v) is 9.74. The fourth-order valence-corrected chi connectivity index (χ4v) is 2.34. The zero-order chi connectivity index (χ0) is 12.5. The number of nitrogens with zero attached hydrogens (tertiary/aromatic N) is 3. The van der Waals surface area contributed by atoms with E-state index in [0.29, 0.717) is 13.1 Å². The zero-order valence-electron chi connectivity index (χ0n) is 9.74. The van der Waals surface area contributed by atoms with Crippen molar-refractivity contribution < 1.29 is 13.2 Å². The van der Waals surface area contributed by atoms with Crippen molar-refractivity contribution in [1.82, 2.24) is 14.7 Å². The lowest BCUT2D eigenvalue weighted by Crippen LogP contribution is -2.40. The fraction of sp³-hybridized carbons (Fsp3) is 0.727. The van der Waals surface area contributed by atoms with E-state index in [-0.39, 0.29) is 6.04 Å². The number of likely N-dealkylation sites (tertiary alicyclic amines) is 1. The number of rotatable bonds is 2. The third-order valence-electron chi connectivity index (χ3n) is 3.17. The predicted octanol–water partition coefficient (Wildman–Crippen LogP) is 2.39. The van der Waals surface area contributed by atoms with Crippen LogP contribution in [0.2, 0.25) is 0 Å². The Morgan fingerprint density at radius 3 is 2.47 bits per heavy atom. The van der Waals surface area contributed by atoms with Crippen LogP contribution in [0.5, 0.6) is 0 Å². The molecule has 0 N–H and O–H groups in total. The minimum Gasteiger partial charge on any atom is -0.295 e. The summed E-state index contributed by atoms with van der Waals surface area (Å²) < 4.78 is 38.6. The van der Waals surface area contributed by atoms with Crippen molar-refractivity contribution in [1.29, 1.82) is 0 Å². The molecule has 0 amide bonds. The van der Waals surface area contributed by atoms with E-state index in [9.17, 15) is 13.2 Å². The molecule has 3 nitrogen and oxygen atoms in total. The maximum Gasteiger partial charge on any atom is 0.401 e. The minimum atomic E-state index is -4.09. The van der Waals surface area contributed by atoms with Gasteiger partial charge >= 0.3 is 6.18 Å². The summed E-state index contributed by atoms with van der Waals surface area (Å²) in [5, 5.41) is 4.21. The van der Waals surface area contributed by atoms with Gasteiger partial charge in [0.2, 0.25) is 0 Å². The molecule has 2 rings (SSSR count). The average Bonchev–Trinajstić information content (AvgIpc) is 2.63. The predicted molar refractivity (Wildman–Crippen MR) is 57.7 cm³/mol. The van der Waals surface area contributed by atoms with Crippen LogP contribution in [0.25, 0.3) is 0 Å². The molecule has 17 heavy (non-hydrogen) atoms. The summed E-state index contributed by atoms with van der Waals surface area (Å²) in [7, 11) is 0. The van der Waals surface area contributed by atoms with E-state index in [1.807, 2.05) is 17.7 Å². The third kappa shape index (κ3) is 3.21. The van der Waals surface area contributed by atoms with Crippen LogP contribution in [0, 0.1) is 6.92 Å². The number of hydrogen-bond acceptors (Lipinski definition) is 2. The summed E-state index contributed by atoms with van der Waals surface area (Å²) in [5.74, 6) is 0. The summed E-state index contributed by atoms with van der Waals surface area (Å²) in [6.45, 7) is 2.15. The topological polar surface area (TPSA) is 21.1 Å². The van der Waals surface area contributed by atoms with E-state index in [1.165, 1.54) is 4.90 Å². The molecule has 0 aliphatic carbocycles. The van der Waals surface area contributed by atoms with Crippen molar-refractivity contribution in [2.24, 2.45) is 0 Å². The summed E-state index contributed by atoms with van der Waals surface area (Å²) in [6.07, 6.45) is -0.886. The van der Waals surface area contributed by atoms with Gasteiger partial charge in [-0.1, -0.05) is 0 Å². The molecule has 0 bridgehead atoms. The highest BCUT2D eigenvalue weighted by Gasteiger charge is 2.32. The normalized spacial score (nSPS) is 19.8. The van der Waals surface area contributed by atoms with Crippen LogP contribution < -0.4 is 0 Å². The van der Waals surface area contributed by atoms with Gasteiger partial charge in [-0.3, -0.25) is 9.58 Å². The molecule has 6 heteroatoms. The first-order chi connectivity index (χ1) is 7.96. The van der Waals surface area contributed by atoms with E-state index in [1.54, 1.807) is 6.20 Å². The van der Waals surface area contributed by atoms with Crippen LogP contribution in [-0.4, -0.2) is 40.5 Å². The van der Waals surface area contributed by atoms with Crippen molar-refractivity contribution >= 4 is 0 Å². The van der Waals surface area contributed by atoms with Crippen LogP contribution in [-0.2, 0) is 0 Å². The van der Waals surface area contributed by atoms with Gasteiger partial charge in [0.1, 0.15) is 0 Å². The molecule has 0 atom stereocenters. The molecule has 0 saturated carbocycles. The summed E-state index contributed by atoms with van der Waals surface area (Å²) in [6, 6.07) is 2.16. The van der Waals surface area contributed by atoms with Crippen LogP contribution in [0.3, 0.4) is 0 Å². The molecule has 0 radical (unpaired) electrons. The van der Waals surface area contributed by atoms with E-state index >= 15 is 0 Å². The Morgan fingerprint density at radius 2 is 2.00 bits per heavy atom. The molecule has 1 aliphatic rings. The van der Waals surface area contributed by atoms with Gasteiger partial charge in [-0.25, -0.2) is 0 Å². The van der Waals surface area contributed by atoms with Crippen molar-refractivity contribution in [2.45, 2.75) is 32.0 Å². The molecule has 1 saturated heterocycles. The number of piperidine rings is 1. The van der Waals surface area contributed by atoms with E-state index in [0.717, 1.165) is 18.5 Å². The first kappa shape index (κ1) is 12.4. The summed E-state index contributed by atoms with van der Waals surface area (Å²) in [5.41, 5.74) is 1.07. The first-order valence-corrected chi connectivity index (χ1v) is 5.75. The molecule has 2 heterocycles. The number of aromatic nitrogens is 2. The maximum atomic E-state index is 12.2. The van der Waals surface area contributed by atoms with Crippen molar-refractivity contribution in [3.8, 4) is 0 Å². The first-order valence-electron chi connectivity index (χ1n) is 5.75. The standard InChI is InChI=1S/C11H16F3N3/c1-9-2-5-15-17(9)10-3-6-16(7-4-10)8-11(12,13)14/h2,5,10H,3-4,6-8H2,1H3. The van der Waals surface area contributed by atoms with Crippen LogP contribution in [0.15, 0.2) is 12.3 Å². The molecule has 1 aromatic rings. The number of hydrogen-bond donors (Lipinski definition) is 0. The van der Waals surface area contributed by atoms with E-state index in [4.69, 9.17) is 0 Å². The Hall–Kier alpha value is -1.04. The van der Waals surface area contributed by atoms with Crippen LogP contribution in [0.1, 0.15) is 24.6 Å². The Labute approximate surface area is 98.2 Å². The highest BCUT2D eigenvalue weighted by molar-refractivity contribution is 4.99. The molecule has 1 aromatic heterocycles. The van der Waals surface area contributed by atoms with Crippen molar-refractivity contribution in [3.05, 3.63) is 18.0 Å². The number of aryl methyl sites for hydroxylation is 1.